The molecule has 3 aliphatic rings. The Hall–Kier alpha value is -2.80. The van der Waals surface area contributed by atoms with Gasteiger partial charge in [0.25, 0.3) is 0 Å². The summed E-state index contributed by atoms with van der Waals surface area (Å²) in [5.41, 5.74) is 0.482. The molecular formula is C28H37FN6O2. The van der Waals surface area contributed by atoms with Crippen LogP contribution in [0.5, 0.6) is 0 Å². The van der Waals surface area contributed by atoms with Crippen molar-refractivity contribution in [3.05, 3.63) is 36.3 Å². The summed E-state index contributed by atoms with van der Waals surface area (Å²) in [6, 6.07) is 10.5. The zero-order valence-electron chi connectivity index (χ0n) is 21.3. The molecule has 0 unspecified atom stereocenters. The third-order valence-electron chi connectivity index (χ3n) is 7.91. The van der Waals surface area contributed by atoms with E-state index in [1.54, 1.807) is 12.1 Å². The maximum Gasteiger partial charge on any atom is 0.151 e. The fraction of sp³-hybridized carbons (Fsp3) is 0.607. The van der Waals surface area contributed by atoms with Crippen LogP contribution in [0.15, 0.2) is 30.5 Å². The van der Waals surface area contributed by atoms with E-state index in [9.17, 15) is 9.65 Å². The van der Waals surface area contributed by atoms with Crippen molar-refractivity contribution >= 4 is 11.6 Å². The summed E-state index contributed by atoms with van der Waals surface area (Å²) in [5, 5.41) is 20.2. The van der Waals surface area contributed by atoms with Crippen molar-refractivity contribution < 1.29 is 13.9 Å². The number of ether oxygens (including phenoxy) is 2. The molecule has 1 saturated carbocycles. The van der Waals surface area contributed by atoms with E-state index in [1.807, 2.05) is 12.1 Å². The van der Waals surface area contributed by atoms with E-state index in [0.29, 0.717) is 73.7 Å². The monoisotopic (exact) mass is 508 g/mol. The van der Waals surface area contributed by atoms with Gasteiger partial charge in [0.1, 0.15) is 11.6 Å². The van der Waals surface area contributed by atoms with Crippen LogP contribution in [-0.2, 0) is 9.47 Å². The first-order valence-corrected chi connectivity index (χ1v) is 13.6. The first kappa shape index (κ1) is 25.8. The summed E-state index contributed by atoms with van der Waals surface area (Å²) in [6.45, 7) is 3.50. The Kier molecular flexibility index (Phi) is 8.49. The highest BCUT2D eigenvalue weighted by atomic mass is 19.1. The number of nitriles is 1. The van der Waals surface area contributed by atoms with Crippen molar-refractivity contribution in [2.24, 2.45) is 5.41 Å². The molecule has 198 valence electrons. The third-order valence-corrected chi connectivity index (χ3v) is 7.91. The van der Waals surface area contributed by atoms with Crippen LogP contribution in [0.3, 0.4) is 0 Å². The number of halogens is 1. The maximum absolute atomic E-state index is 14.8. The van der Waals surface area contributed by atoms with Gasteiger partial charge < -0.3 is 25.4 Å². The molecule has 0 radical (unpaired) electrons. The largest absolute Gasteiger partial charge is 0.381 e. The van der Waals surface area contributed by atoms with E-state index in [4.69, 9.17) is 9.47 Å². The molecule has 0 amide bonds. The average Bonchev–Trinajstić information content (AvgIpc) is 3.47. The smallest absolute Gasteiger partial charge is 0.151 e. The van der Waals surface area contributed by atoms with Crippen LogP contribution in [-0.4, -0.2) is 61.1 Å². The van der Waals surface area contributed by atoms with Crippen molar-refractivity contribution in [2.75, 3.05) is 43.5 Å². The van der Waals surface area contributed by atoms with E-state index in [-0.39, 0.29) is 0 Å². The topological polar surface area (TPSA) is 104 Å². The number of rotatable bonds is 9. The Bertz CT molecular complexity index is 1070. The lowest BCUT2D eigenvalue weighted by molar-refractivity contribution is 0.0455. The summed E-state index contributed by atoms with van der Waals surface area (Å²) >= 11 is 0. The van der Waals surface area contributed by atoms with E-state index in [0.717, 1.165) is 45.3 Å². The lowest BCUT2D eigenvalue weighted by Gasteiger charge is -2.31. The Morgan fingerprint density at radius 1 is 1.05 bits per heavy atom. The van der Waals surface area contributed by atoms with Crippen molar-refractivity contribution in [1.29, 1.82) is 5.26 Å². The van der Waals surface area contributed by atoms with Crippen LogP contribution in [0.25, 0.3) is 11.3 Å². The lowest BCUT2D eigenvalue weighted by Crippen LogP contribution is -2.40. The van der Waals surface area contributed by atoms with Gasteiger partial charge in [0.2, 0.25) is 0 Å². The van der Waals surface area contributed by atoms with E-state index in [1.165, 1.54) is 12.6 Å². The number of anilines is 2. The van der Waals surface area contributed by atoms with Gasteiger partial charge in [-0.2, -0.15) is 5.26 Å². The fourth-order valence-corrected chi connectivity index (χ4v) is 5.50. The number of hydrogen-bond acceptors (Lipinski definition) is 8. The number of aromatic nitrogens is 2. The molecule has 2 aromatic rings. The summed E-state index contributed by atoms with van der Waals surface area (Å²) in [7, 11) is 0. The molecule has 2 aromatic heterocycles. The summed E-state index contributed by atoms with van der Waals surface area (Å²) in [5.74, 6) is 0.881. The molecule has 8 nitrogen and oxygen atoms in total. The molecule has 0 spiro atoms. The molecule has 4 heterocycles. The van der Waals surface area contributed by atoms with Crippen LogP contribution in [0.1, 0.15) is 51.4 Å². The standard InChI is InChI=1S/C28H37FN6O2/c29-24-17-32-27(34-21-8-6-20(7-9-21)31-16-22-3-2-12-37-22)15-23(24)25-4-1-5-26(35-25)33-19-28(18-30)10-13-36-14-11-28/h1,4-5,15,17,20-22,31H,2-3,6-14,16,19H2,(H,32,34)(H,33,35)/t20-,21-,22-/m1/s1. The van der Waals surface area contributed by atoms with Gasteiger partial charge in [-0.15, -0.1) is 0 Å². The third kappa shape index (κ3) is 6.75. The second kappa shape index (κ2) is 12.2. The highest BCUT2D eigenvalue weighted by molar-refractivity contribution is 5.65. The Morgan fingerprint density at radius 3 is 2.62 bits per heavy atom. The number of nitrogens with one attached hydrogen (secondary N) is 3. The second-order valence-electron chi connectivity index (χ2n) is 10.6. The molecule has 3 N–H and O–H groups in total. The summed E-state index contributed by atoms with van der Waals surface area (Å²) in [6.07, 6.45) is 9.63. The van der Waals surface area contributed by atoms with Gasteiger partial charge in [-0.3, -0.25) is 0 Å². The van der Waals surface area contributed by atoms with Gasteiger partial charge in [0, 0.05) is 50.6 Å². The molecular weight excluding hydrogens is 471 g/mol. The van der Waals surface area contributed by atoms with Gasteiger partial charge in [0.15, 0.2) is 5.82 Å². The molecule has 2 saturated heterocycles. The first-order valence-electron chi connectivity index (χ1n) is 13.6. The SMILES string of the molecule is N#CC1(CNc2cccc(-c3cc(N[C@H]4CC[C@H](NC[C@H]5CCCO5)CC4)ncc3F)n2)CCOCC1. The van der Waals surface area contributed by atoms with Gasteiger partial charge in [-0.25, -0.2) is 14.4 Å². The van der Waals surface area contributed by atoms with Crippen molar-refractivity contribution in [3.8, 4) is 17.3 Å². The minimum absolute atomic E-state index is 0.314. The molecule has 1 atom stereocenters. The molecule has 3 fully saturated rings. The van der Waals surface area contributed by atoms with Crippen LogP contribution in [0.4, 0.5) is 16.0 Å². The van der Waals surface area contributed by atoms with Crippen LogP contribution in [0, 0.1) is 22.6 Å². The molecule has 0 aromatic carbocycles. The Labute approximate surface area is 218 Å². The van der Waals surface area contributed by atoms with E-state index < -0.39 is 11.2 Å². The Morgan fingerprint density at radius 2 is 1.86 bits per heavy atom. The molecule has 5 rings (SSSR count). The minimum Gasteiger partial charge on any atom is -0.381 e. The first-order chi connectivity index (χ1) is 18.1. The normalized spacial score (nSPS) is 25.4. The minimum atomic E-state index is -0.465. The van der Waals surface area contributed by atoms with Gasteiger partial charge in [0.05, 0.1) is 29.5 Å². The summed E-state index contributed by atoms with van der Waals surface area (Å²) < 4.78 is 25.9. The van der Waals surface area contributed by atoms with Gasteiger partial charge in [-0.1, -0.05) is 6.07 Å². The quantitative estimate of drug-likeness (QED) is 0.455. The van der Waals surface area contributed by atoms with Crippen LogP contribution >= 0.6 is 0 Å². The van der Waals surface area contributed by atoms with Crippen molar-refractivity contribution in [3.63, 3.8) is 0 Å². The van der Waals surface area contributed by atoms with Gasteiger partial charge >= 0.3 is 0 Å². The predicted octanol–water partition coefficient (Wildman–Crippen LogP) is 4.51. The molecule has 2 aliphatic heterocycles. The maximum atomic E-state index is 14.8. The fourth-order valence-electron chi connectivity index (χ4n) is 5.50. The number of nitrogens with zero attached hydrogens (tertiary/aromatic N) is 3. The van der Waals surface area contributed by atoms with Crippen LogP contribution < -0.4 is 16.0 Å². The number of pyridine rings is 2. The molecule has 1 aliphatic carbocycles. The highest BCUT2D eigenvalue weighted by Crippen LogP contribution is 2.31. The van der Waals surface area contributed by atoms with E-state index >= 15 is 0 Å². The average molecular weight is 509 g/mol. The second-order valence-corrected chi connectivity index (χ2v) is 10.6. The van der Waals surface area contributed by atoms with Crippen molar-refractivity contribution in [2.45, 2.75) is 69.6 Å². The molecule has 37 heavy (non-hydrogen) atoms. The number of hydrogen-bond donors (Lipinski definition) is 3. The van der Waals surface area contributed by atoms with E-state index in [2.05, 4.69) is 32.0 Å². The van der Waals surface area contributed by atoms with Gasteiger partial charge in [-0.05, 0) is 69.6 Å². The zero-order valence-corrected chi connectivity index (χ0v) is 21.3. The van der Waals surface area contributed by atoms with Crippen molar-refractivity contribution in [1.82, 2.24) is 15.3 Å². The zero-order chi connectivity index (χ0) is 25.5. The molecule has 9 heteroatoms. The summed E-state index contributed by atoms with van der Waals surface area (Å²) in [4.78, 5) is 8.94. The predicted molar refractivity (Wildman–Crippen MR) is 141 cm³/mol. The van der Waals surface area contributed by atoms with Crippen LogP contribution in [0.2, 0.25) is 0 Å². The molecule has 0 bridgehead atoms. The Balaban J connectivity index is 1.17. The highest BCUT2D eigenvalue weighted by Gasteiger charge is 2.32. The lowest BCUT2D eigenvalue weighted by atomic mass is 9.82.